The molecule has 0 aliphatic heterocycles. The maximum atomic E-state index is 5.84. The maximum absolute atomic E-state index is 5.84. The highest BCUT2D eigenvalue weighted by Gasteiger charge is 2.16. The molecule has 1 heterocycles. The molecule has 0 unspecified atom stereocenters. The van der Waals surface area contributed by atoms with Gasteiger partial charge in [0, 0.05) is 11.1 Å². The standard InChI is InChI=1S/C19H20N2O3/c1-12(2)23-17-13(3)10-15(11-16(17)22-4)18-20-19(24-21-18)14-8-6-5-7-9-14/h5-12H,1-4H3. The summed E-state index contributed by atoms with van der Waals surface area (Å²) in [5.74, 6) is 2.41. The lowest BCUT2D eigenvalue weighted by molar-refractivity contribution is 0.228. The molecule has 24 heavy (non-hydrogen) atoms. The largest absolute Gasteiger partial charge is 0.493 e. The first kappa shape index (κ1) is 16.1. The van der Waals surface area contributed by atoms with Gasteiger partial charge in [-0.05, 0) is 50.6 Å². The van der Waals surface area contributed by atoms with Crippen LogP contribution in [0.2, 0.25) is 0 Å². The highest BCUT2D eigenvalue weighted by atomic mass is 16.5. The summed E-state index contributed by atoms with van der Waals surface area (Å²) in [5.41, 5.74) is 2.68. The fraction of sp³-hybridized carbons (Fsp3) is 0.263. The summed E-state index contributed by atoms with van der Waals surface area (Å²) in [4.78, 5) is 4.48. The quantitative estimate of drug-likeness (QED) is 0.691. The summed E-state index contributed by atoms with van der Waals surface area (Å²) in [5, 5.41) is 4.09. The SMILES string of the molecule is COc1cc(-c2noc(-c3ccccc3)n2)cc(C)c1OC(C)C. The molecule has 2 aromatic carbocycles. The van der Waals surface area contributed by atoms with Crippen molar-refractivity contribution in [2.75, 3.05) is 7.11 Å². The van der Waals surface area contributed by atoms with Crippen molar-refractivity contribution in [1.82, 2.24) is 10.1 Å². The van der Waals surface area contributed by atoms with Crippen LogP contribution in [0.15, 0.2) is 47.0 Å². The first-order valence-electron chi connectivity index (χ1n) is 7.83. The van der Waals surface area contributed by atoms with E-state index < -0.39 is 0 Å². The summed E-state index contributed by atoms with van der Waals surface area (Å²) in [6, 6.07) is 13.5. The molecule has 0 atom stereocenters. The van der Waals surface area contributed by atoms with Gasteiger partial charge < -0.3 is 14.0 Å². The minimum absolute atomic E-state index is 0.0679. The van der Waals surface area contributed by atoms with Gasteiger partial charge in [-0.1, -0.05) is 23.4 Å². The summed E-state index contributed by atoms with van der Waals surface area (Å²) in [6.45, 7) is 5.94. The molecule has 0 aliphatic carbocycles. The van der Waals surface area contributed by atoms with E-state index in [1.807, 2.05) is 63.2 Å². The van der Waals surface area contributed by atoms with E-state index in [4.69, 9.17) is 14.0 Å². The van der Waals surface area contributed by atoms with Gasteiger partial charge in [0.25, 0.3) is 5.89 Å². The van der Waals surface area contributed by atoms with Gasteiger partial charge >= 0.3 is 0 Å². The van der Waals surface area contributed by atoms with Gasteiger partial charge in [-0.15, -0.1) is 0 Å². The Labute approximate surface area is 141 Å². The smallest absolute Gasteiger partial charge is 0.258 e. The van der Waals surface area contributed by atoms with Crippen molar-refractivity contribution < 1.29 is 14.0 Å². The van der Waals surface area contributed by atoms with Crippen molar-refractivity contribution in [3.63, 3.8) is 0 Å². The average molecular weight is 324 g/mol. The van der Waals surface area contributed by atoms with Crippen LogP contribution in [0.5, 0.6) is 11.5 Å². The fourth-order valence-corrected chi connectivity index (χ4v) is 2.45. The zero-order chi connectivity index (χ0) is 17.1. The Morgan fingerprint density at radius 3 is 2.46 bits per heavy atom. The zero-order valence-electron chi connectivity index (χ0n) is 14.2. The third-order valence-corrected chi connectivity index (χ3v) is 3.52. The van der Waals surface area contributed by atoms with Crippen molar-refractivity contribution in [3.8, 4) is 34.3 Å². The summed E-state index contributed by atoms with van der Waals surface area (Å²) in [6.07, 6.45) is 0.0679. The maximum Gasteiger partial charge on any atom is 0.258 e. The second-order valence-electron chi connectivity index (χ2n) is 5.78. The summed E-state index contributed by atoms with van der Waals surface area (Å²) < 4.78 is 16.7. The number of aryl methyl sites for hydroxylation is 1. The molecule has 0 saturated carbocycles. The minimum Gasteiger partial charge on any atom is -0.493 e. The van der Waals surface area contributed by atoms with E-state index in [9.17, 15) is 0 Å². The van der Waals surface area contributed by atoms with Crippen LogP contribution in [0.3, 0.4) is 0 Å². The molecule has 0 N–H and O–H groups in total. The Balaban J connectivity index is 1.98. The van der Waals surface area contributed by atoms with Crippen LogP contribution in [0.25, 0.3) is 22.8 Å². The van der Waals surface area contributed by atoms with Crippen LogP contribution >= 0.6 is 0 Å². The van der Waals surface area contributed by atoms with E-state index in [-0.39, 0.29) is 6.10 Å². The average Bonchev–Trinajstić information content (AvgIpc) is 3.07. The number of ether oxygens (including phenoxy) is 2. The Morgan fingerprint density at radius 1 is 1.04 bits per heavy atom. The Hall–Kier alpha value is -2.82. The predicted octanol–water partition coefficient (Wildman–Crippen LogP) is 4.51. The first-order valence-corrected chi connectivity index (χ1v) is 7.83. The molecular weight excluding hydrogens is 304 g/mol. The number of benzene rings is 2. The molecule has 0 amide bonds. The van der Waals surface area contributed by atoms with Crippen LogP contribution in [0.1, 0.15) is 19.4 Å². The second kappa shape index (κ2) is 6.74. The molecule has 0 radical (unpaired) electrons. The molecule has 0 spiro atoms. The van der Waals surface area contributed by atoms with Gasteiger partial charge in [0.2, 0.25) is 5.82 Å². The fourth-order valence-electron chi connectivity index (χ4n) is 2.45. The van der Waals surface area contributed by atoms with Crippen molar-refractivity contribution in [3.05, 3.63) is 48.0 Å². The number of nitrogens with zero attached hydrogens (tertiary/aromatic N) is 2. The number of hydrogen-bond acceptors (Lipinski definition) is 5. The van der Waals surface area contributed by atoms with Crippen molar-refractivity contribution in [1.29, 1.82) is 0 Å². The molecule has 0 aliphatic rings. The number of hydrogen-bond donors (Lipinski definition) is 0. The van der Waals surface area contributed by atoms with Crippen LogP contribution in [0, 0.1) is 6.92 Å². The van der Waals surface area contributed by atoms with E-state index >= 15 is 0 Å². The van der Waals surface area contributed by atoms with Crippen LogP contribution in [0.4, 0.5) is 0 Å². The Morgan fingerprint density at radius 2 is 1.79 bits per heavy atom. The van der Waals surface area contributed by atoms with E-state index in [1.54, 1.807) is 7.11 Å². The van der Waals surface area contributed by atoms with Crippen LogP contribution < -0.4 is 9.47 Å². The summed E-state index contributed by atoms with van der Waals surface area (Å²) in [7, 11) is 1.62. The Kier molecular flexibility index (Phi) is 4.51. The van der Waals surface area contributed by atoms with Crippen LogP contribution in [-0.4, -0.2) is 23.4 Å². The molecule has 0 bridgehead atoms. The van der Waals surface area contributed by atoms with Gasteiger partial charge in [0.05, 0.1) is 13.2 Å². The lowest BCUT2D eigenvalue weighted by atomic mass is 10.1. The van der Waals surface area contributed by atoms with Gasteiger partial charge in [-0.3, -0.25) is 0 Å². The third-order valence-electron chi connectivity index (χ3n) is 3.52. The molecule has 1 aromatic heterocycles. The Bertz CT molecular complexity index is 826. The molecule has 0 fully saturated rings. The van der Waals surface area contributed by atoms with Crippen molar-refractivity contribution >= 4 is 0 Å². The third kappa shape index (κ3) is 3.25. The van der Waals surface area contributed by atoms with E-state index in [2.05, 4.69) is 10.1 Å². The highest BCUT2D eigenvalue weighted by Crippen LogP contribution is 2.36. The number of methoxy groups -OCH3 is 1. The van der Waals surface area contributed by atoms with E-state index in [1.165, 1.54) is 0 Å². The molecular formula is C19H20N2O3. The molecule has 3 rings (SSSR count). The van der Waals surface area contributed by atoms with Gasteiger partial charge in [0.15, 0.2) is 11.5 Å². The normalized spacial score (nSPS) is 10.9. The lowest BCUT2D eigenvalue weighted by Crippen LogP contribution is -2.08. The monoisotopic (exact) mass is 324 g/mol. The second-order valence-corrected chi connectivity index (χ2v) is 5.78. The molecule has 0 saturated heterocycles. The number of rotatable bonds is 5. The topological polar surface area (TPSA) is 57.4 Å². The number of aromatic nitrogens is 2. The summed E-state index contributed by atoms with van der Waals surface area (Å²) >= 11 is 0. The minimum atomic E-state index is 0.0679. The van der Waals surface area contributed by atoms with Crippen molar-refractivity contribution in [2.45, 2.75) is 26.9 Å². The molecule has 3 aromatic rings. The zero-order valence-corrected chi connectivity index (χ0v) is 14.2. The van der Waals surface area contributed by atoms with E-state index in [0.29, 0.717) is 17.5 Å². The van der Waals surface area contributed by atoms with E-state index in [0.717, 1.165) is 22.4 Å². The molecule has 5 heteroatoms. The first-order chi connectivity index (χ1) is 11.6. The predicted molar refractivity (Wildman–Crippen MR) is 92.2 cm³/mol. The van der Waals surface area contributed by atoms with Gasteiger partial charge in [0.1, 0.15) is 0 Å². The molecule has 5 nitrogen and oxygen atoms in total. The lowest BCUT2D eigenvalue weighted by Gasteiger charge is -2.16. The highest BCUT2D eigenvalue weighted by molar-refractivity contribution is 5.65. The van der Waals surface area contributed by atoms with Gasteiger partial charge in [-0.2, -0.15) is 4.98 Å². The van der Waals surface area contributed by atoms with Gasteiger partial charge in [-0.25, -0.2) is 0 Å². The van der Waals surface area contributed by atoms with Crippen LogP contribution in [-0.2, 0) is 0 Å². The van der Waals surface area contributed by atoms with Crippen molar-refractivity contribution in [2.24, 2.45) is 0 Å². The molecule has 124 valence electrons.